The molecule has 1 heterocycles. The molecular weight excluding hydrogens is 280 g/mol. The summed E-state index contributed by atoms with van der Waals surface area (Å²) < 4.78 is 16.1. The molecule has 0 bridgehead atoms. The second-order valence-electron chi connectivity index (χ2n) is 5.00. The second kappa shape index (κ2) is 5.56. The summed E-state index contributed by atoms with van der Waals surface area (Å²) in [5.41, 5.74) is 2.63. The van der Waals surface area contributed by atoms with Crippen LogP contribution in [-0.4, -0.2) is 14.2 Å². The standard InChI is InChI=1S/C18H16O4/c1-11-4-9-15(21-3)16-17(19)14(10-22-18(11)16)12-5-7-13(20-2)8-6-12/h4-10H,1-3H3. The summed E-state index contributed by atoms with van der Waals surface area (Å²) in [5.74, 6) is 1.26. The minimum Gasteiger partial charge on any atom is -0.497 e. The number of benzene rings is 2. The van der Waals surface area contributed by atoms with Crippen LogP contribution in [0.2, 0.25) is 0 Å². The topological polar surface area (TPSA) is 48.7 Å². The smallest absolute Gasteiger partial charge is 0.204 e. The van der Waals surface area contributed by atoms with Gasteiger partial charge in [0.1, 0.15) is 28.7 Å². The van der Waals surface area contributed by atoms with Gasteiger partial charge < -0.3 is 13.9 Å². The molecule has 0 spiro atoms. The van der Waals surface area contributed by atoms with Gasteiger partial charge in [0.15, 0.2) is 0 Å². The van der Waals surface area contributed by atoms with Crippen molar-refractivity contribution in [2.45, 2.75) is 6.92 Å². The van der Waals surface area contributed by atoms with Gasteiger partial charge in [-0.25, -0.2) is 0 Å². The first-order valence-electron chi connectivity index (χ1n) is 6.89. The highest BCUT2D eigenvalue weighted by Gasteiger charge is 2.14. The fourth-order valence-corrected chi connectivity index (χ4v) is 2.48. The number of hydrogen-bond donors (Lipinski definition) is 0. The van der Waals surface area contributed by atoms with Crippen molar-refractivity contribution < 1.29 is 13.9 Å². The van der Waals surface area contributed by atoms with E-state index in [9.17, 15) is 4.79 Å². The van der Waals surface area contributed by atoms with Crippen molar-refractivity contribution in [3.63, 3.8) is 0 Å². The van der Waals surface area contributed by atoms with Crippen LogP contribution in [0.4, 0.5) is 0 Å². The maximum absolute atomic E-state index is 12.8. The van der Waals surface area contributed by atoms with Crippen LogP contribution < -0.4 is 14.9 Å². The van der Waals surface area contributed by atoms with Crippen molar-refractivity contribution in [3.05, 3.63) is 58.4 Å². The number of rotatable bonds is 3. The van der Waals surface area contributed by atoms with Crippen molar-refractivity contribution in [1.29, 1.82) is 0 Å². The predicted molar refractivity (Wildman–Crippen MR) is 85.8 cm³/mol. The maximum atomic E-state index is 12.8. The Hall–Kier alpha value is -2.75. The molecular formula is C18H16O4. The molecule has 112 valence electrons. The van der Waals surface area contributed by atoms with E-state index in [4.69, 9.17) is 13.9 Å². The quantitative estimate of drug-likeness (QED) is 0.738. The Kier molecular flexibility index (Phi) is 3.59. The highest BCUT2D eigenvalue weighted by atomic mass is 16.5. The van der Waals surface area contributed by atoms with Gasteiger partial charge in [-0.1, -0.05) is 18.2 Å². The molecule has 1 aromatic heterocycles. The largest absolute Gasteiger partial charge is 0.497 e. The van der Waals surface area contributed by atoms with Gasteiger partial charge in [-0.3, -0.25) is 4.79 Å². The second-order valence-corrected chi connectivity index (χ2v) is 5.00. The van der Waals surface area contributed by atoms with E-state index in [0.717, 1.165) is 16.9 Å². The van der Waals surface area contributed by atoms with Crippen LogP contribution in [0.15, 0.2) is 51.9 Å². The molecule has 0 aliphatic rings. The van der Waals surface area contributed by atoms with Gasteiger partial charge in [-0.15, -0.1) is 0 Å². The average molecular weight is 296 g/mol. The Balaban J connectivity index is 2.27. The summed E-state index contributed by atoms with van der Waals surface area (Å²) in [7, 11) is 3.15. The first kappa shape index (κ1) is 14.2. The average Bonchev–Trinajstić information content (AvgIpc) is 2.56. The first-order chi connectivity index (χ1) is 10.7. The van der Waals surface area contributed by atoms with Crippen LogP contribution in [0.5, 0.6) is 11.5 Å². The molecule has 0 aliphatic heterocycles. The number of aryl methyl sites for hydroxylation is 1. The van der Waals surface area contributed by atoms with E-state index < -0.39 is 0 Å². The van der Waals surface area contributed by atoms with Crippen molar-refractivity contribution in [3.8, 4) is 22.6 Å². The van der Waals surface area contributed by atoms with Crippen LogP contribution in [0.3, 0.4) is 0 Å². The van der Waals surface area contributed by atoms with Gasteiger partial charge in [0, 0.05) is 0 Å². The minimum absolute atomic E-state index is 0.105. The molecule has 4 nitrogen and oxygen atoms in total. The molecule has 0 atom stereocenters. The lowest BCUT2D eigenvalue weighted by Crippen LogP contribution is -2.07. The fourth-order valence-electron chi connectivity index (χ4n) is 2.48. The highest BCUT2D eigenvalue weighted by Crippen LogP contribution is 2.28. The van der Waals surface area contributed by atoms with Crippen LogP contribution in [0.1, 0.15) is 5.56 Å². The van der Waals surface area contributed by atoms with Gasteiger partial charge in [0.05, 0.1) is 19.8 Å². The Bertz CT molecular complexity index is 876. The Morgan fingerprint density at radius 1 is 0.955 bits per heavy atom. The van der Waals surface area contributed by atoms with Crippen molar-refractivity contribution in [2.75, 3.05) is 14.2 Å². The van der Waals surface area contributed by atoms with Crippen molar-refractivity contribution >= 4 is 11.0 Å². The monoisotopic (exact) mass is 296 g/mol. The minimum atomic E-state index is -0.105. The summed E-state index contributed by atoms with van der Waals surface area (Å²) >= 11 is 0. The Morgan fingerprint density at radius 3 is 2.32 bits per heavy atom. The Labute approximate surface area is 127 Å². The predicted octanol–water partition coefficient (Wildman–Crippen LogP) is 3.79. The van der Waals surface area contributed by atoms with Gasteiger partial charge in [-0.2, -0.15) is 0 Å². The lowest BCUT2D eigenvalue weighted by Gasteiger charge is -2.09. The van der Waals surface area contributed by atoms with Crippen LogP contribution >= 0.6 is 0 Å². The highest BCUT2D eigenvalue weighted by molar-refractivity contribution is 5.89. The summed E-state index contributed by atoms with van der Waals surface area (Å²) in [4.78, 5) is 12.8. The molecule has 0 radical (unpaired) electrons. The number of hydrogen-bond acceptors (Lipinski definition) is 4. The molecule has 0 saturated carbocycles. The van der Waals surface area contributed by atoms with Crippen LogP contribution in [-0.2, 0) is 0 Å². The third-order valence-corrected chi connectivity index (χ3v) is 3.70. The SMILES string of the molecule is COc1ccc(-c2coc3c(C)ccc(OC)c3c2=O)cc1. The van der Waals surface area contributed by atoms with E-state index in [1.807, 2.05) is 37.3 Å². The zero-order valence-electron chi connectivity index (χ0n) is 12.7. The zero-order chi connectivity index (χ0) is 15.7. The third-order valence-electron chi connectivity index (χ3n) is 3.70. The van der Waals surface area contributed by atoms with Gasteiger partial charge in [0.25, 0.3) is 0 Å². The molecule has 0 aliphatic carbocycles. The molecule has 0 saturated heterocycles. The molecule has 4 heteroatoms. The molecule has 3 aromatic rings. The van der Waals surface area contributed by atoms with Crippen molar-refractivity contribution in [1.82, 2.24) is 0 Å². The lowest BCUT2D eigenvalue weighted by atomic mass is 10.0. The summed E-state index contributed by atoms with van der Waals surface area (Å²) in [6.45, 7) is 1.90. The third kappa shape index (κ3) is 2.22. The molecule has 0 fully saturated rings. The number of methoxy groups -OCH3 is 2. The molecule has 2 aromatic carbocycles. The summed E-state index contributed by atoms with van der Waals surface area (Å²) in [6.07, 6.45) is 1.50. The maximum Gasteiger partial charge on any atom is 0.204 e. The molecule has 0 amide bonds. The van der Waals surface area contributed by atoms with E-state index in [-0.39, 0.29) is 5.43 Å². The lowest BCUT2D eigenvalue weighted by molar-refractivity contribution is 0.415. The first-order valence-corrected chi connectivity index (χ1v) is 6.89. The van der Waals surface area contributed by atoms with Gasteiger partial charge in [0.2, 0.25) is 5.43 Å². The molecule has 0 unspecified atom stereocenters. The van der Waals surface area contributed by atoms with Crippen LogP contribution in [0.25, 0.3) is 22.1 Å². The van der Waals surface area contributed by atoms with Gasteiger partial charge >= 0.3 is 0 Å². The van der Waals surface area contributed by atoms with E-state index >= 15 is 0 Å². The summed E-state index contributed by atoms with van der Waals surface area (Å²) in [5, 5.41) is 0.468. The van der Waals surface area contributed by atoms with Gasteiger partial charge in [-0.05, 0) is 36.2 Å². The van der Waals surface area contributed by atoms with Crippen molar-refractivity contribution in [2.24, 2.45) is 0 Å². The number of ether oxygens (including phenoxy) is 2. The zero-order valence-corrected chi connectivity index (χ0v) is 12.7. The van der Waals surface area contributed by atoms with Crippen LogP contribution in [0, 0.1) is 6.92 Å². The van der Waals surface area contributed by atoms with E-state index in [1.165, 1.54) is 6.26 Å². The summed E-state index contributed by atoms with van der Waals surface area (Å²) in [6, 6.07) is 10.9. The number of fused-ring (bicyclic) bond motifs is 1. The molecule has 3 rings (SSSR count). The normalized spacial score (nSPS) is 10.7. The molecule has 22 heavy (non-hydrogen) atoms. The van der Waals surface area contributed by atoms with E-state index in [1.54, 1.807) is 20.3 Å². The fraction of sp³-hybridized carbons (Fsp3) is 0.167. The van der Waals surface area contributed by atoms with E-state index in [0.29, 0.717) is 22.3 Å². The molecule has 0 N–H and O–H groups in total. The Morgan fingerprint density at radius 2 is 1.68 bits per heavy atom. The van der Waals surface area contributed by atoms with E-state index in [2.05, 4.69) is 0 Å².